The summed E-state index contributed by atoms with van der Waals surface area (Å²) in [5, 5.41) is 17.4. The van der Waals surface area contributed by atoms with Gasteiger partial charge in [-0.25, -0.2) is 9.97 Å². The Morgan fingerprint density at radius 1 is 1.14 bits per heavy atom. The van der Waals surface area contributed by atoms with Gasteiger partial charge < -0.3 is 10.7 Å². The zero-order valence-corrected chi connectivity index (χ0v) is 16.2. The van der Waals surface area contributed by atoms with E-state index in [4.69, 9.17) is 5.41 Å². The van der Waals surface area contributed by atoms with E-state index in [9.17, 15) is 0 Å². The predicted octanol–water partition coefficient (Wildman–Crippen LogP) is 4.11. The lowest BCUT2D eigenvalue weighted by molar-refractivity contribution is 0.296. The molecule has 0 aliphatic rings. The smallest absolute Gasteiger partial charge is 0.227 e. The van der Waals surface area contributed by atoms with E-state index in [1.807, 2.05) is 18.2 Å². The lowest BCUT2D eigenvalue weighted by Crippen LogP contribution is -2.21. The third-order valence-electron chi connectivity index (χ3n) is 4.47. The van der Waals surface area contributed by atoms with Crippen molar-refractivity contribution in [3.05, 3.63) is 60.1 Å². The van der Waals surface area contributed by atoms with Crippen LogP contribution in [0.1, 0.15) is 25.1 Å². The van der Waals surface area contributed by atoms with Gasteiger partial charge in [0.05, 0.1) is 17.6 Å². The number of hydrogen-bond donors (Lipinski definition) is 3. The quantitative estimate of drug-likeness (QED) is 0.489. The van der Waals surface area contributed by atoms with E-state index in [0.717, 1.165) is 42.3 Å². The Bertz CT molecular complexity index is 924. The summed E-state index contributed by atoms with van der Waals surface area (Å²) in [4.78, 5) is 11.3. The molecule has 0 aliphatic heterocycles. The monoisotopic (exact) mass is 375 g/mol. The second-order valence-electron chi connectivity index (χ2n) is 6.27. The van der Waals surface area contributed by atoms with Crippen LogP contribution in [0.15, 0.2) is 48.8 Å². The second-order valence-corrected chi connectivity index (χ2v) is 6.27. The van der Waals surface area contributed by atoms with Crippen molar-refractivity contribution in [2.45, 2.75) is 20.4 Å². The van der Waals surface area contributed by atoms with Crippen molar-refractivity contribution >= 4 is 23.9 Å². The highest BCUT2D eigenvalue weighted by molar-refractivity contribution is 5.79. The first-order chi connectivity index (χ1) is 13.7. The molecule has 0 saturated carbocycles. The average molecular weight is 375 g/mol. The van der Waals surface area contributed by atoms with Crippen molar-refractivity contribution in [3.63, 3.8) is 0 Å². The van der Waals surface area contributed by atoms with Crippen LogP contribution in [0.25, 0.3) is 17.3 Å². The van der Waals surface area contributed by atoms with E-state index >= 15 is 0 Å². The molecule has 7 heteroatoms. The number of rotatable bonds is 9. The van der Waals surface area contributed by atoms with Gasteiger partial charge in [0.15, 0.2) is 0 Å². The molecule has 1 aromatic carbocycles. The molecule has 0 atom stereocenters. The Labute approximate surface area is 165 Å². The Morgan fingerprint density at radius 2 is 1.93 bits per heavy atom. The number of benzene rings is 1. The Balaban J connectivity index is 1.74. The van der Waals surface area contributed by atoms with Gasteiger partial charge in [-0.2, -0.15) is 5.10 Å². The molecule has 0 bridgehead atoms. The SMILES string of the molecule is CCN(CC)Cc1ccc(Nc2nccc(-c3cn[nH]c3/C=C\C=N)n2)cc1. The third-order valence-corrected chi connectivity index (χ3v) is 4.47. The standard InChI is InChI=1S/C21H25N7/c1-3-28(4-2)15-16-7-9-17(10-8-16)25-21-23-13-11-19(26-21)18-14-24-27-20(18)6-5-12-22/h5-14,22H,3-4,15H2,1-2H3,(H,24,27)(H,23,25,26)/b6-5-,22-12?. The number of nitrogens with zero attached hydrogens (tertiary/aromatic N) is 4. The van der Waals surface area contributed by atoms with Crippen LogP contribution in [0.3, 0.4) is 0 Å². The second kappa shape index (κ2) is 9.57. The van der Waals surface area contributed by atoms with Crippen LogP contribution in [0.2, 0.25) is 0 Å². The first-order valence-corrected chi connectivity index (χ1v) is 9.35. The largest absolute Gasteiger partial charge is 0.324 e. The molecule has 3 N–H and O–H groups in total. The van der Waals surface area contributed by atoms with Crippen LogP contribution in [-0.2, 0) is 6.54 Å². The summed E-state index contributed by atoms with van der Waals surface area (Å²) in [5.74, 6) is 0.525. The average Bonchev–Trinajstić information content (AvgIpc) is 3.20. The predicted molar refractivity (Wildman–Crippen MR) is 114 cm³/mol. The Kier molecular flexibility index (Phi) is 6.64. The molecule has 0 saturated heterocycles. The minimum Gasteiger partial charge on any atom is -0.324 e. The van der Waals surface area contributed by atoms with Crippen LogP contribution in [0.4, 0.5) is 11.6 Å². The van der Waals surface area contributed by atoms with Crippen LogP contribution in [-0.4, -0.2) is 44.4 Å². The molecule has 0 aliphatic carbocycles. The van der Waals surface area contributed by atoms with E-state index in [1.165, 1.54) is 11.8 Å². The van der Waals surface area contributed by atoms with Gasteiger partial charge in [-0.15, -0.1) is 0 Å². The fourth-order valence-corrected chi connectivity index (χ4v) is 2.87. The fourth-order valence-electron chi connectivity index (χ4n) is 2.87. The van der Waals surface area contributed by atoms with Crippen molar-refractivity contribution < 1.29 is 0 Å². The molecule has 28 heavy (non-hydrogen) atoms. The number of aromatic nitrogens is 4. The van der Waals surface area contributed by atoms with E-state index in [2.05, 4.69) is 56.4 Å². The van der Waals surface area contributed by atoms with Gasteiger partial charge in [-0.05, 0) is 49.0 Å². The molecule has 0 radical (unpaired) electrons. The number of H-pyrrole nitrogens is 1. The Morgan fingerprint density at radius 3 is 2.64 bits per heavy atom. The first-order valence-electron chi connectivity index (χ1n) is 9.35. The minimum atomic E-state index is 0.525. The minimum absolute atomic E-state index is 0.525. The fraction of sp³-hybridized carbons (Fsp3) is 0.238. The summed E-state index contributed by atoms with van der Waals surface area (Å²) in [6.45, 7) is 7.39. The number of allylic oxidation sites excluding steroid dienone is 1. The summed E-state index contributed by atoms with van der Waals surface area (Å²) >= 11 is 0. The maximum Gasteiger partial charge on any atom is 0.227 e. The highest BCUT2D eigenvalue weighted by Crippen LogP contribution is 2.22. The zero-order chi connectivity index (χ0) is 19.8. The molecule has 7 nitrogen and oxygen atoms in total. The summed E-state index contributed by atoms with van der Waals surface area (Å²) in [5.41, 5.74) is 4.64. The van der Waals surface area contributed by atoms with Gasteiger partial charge in [0.2, 0.25) is 5.95 Å². The van der Waals surface area contributed by atoms with Crippen molar-refractivity contribution in [3.8, 4) is 11.3 Å². The maximum absolute atomic E-state index is 7.13. The van der Waals surface area contributed by atoms with Crippen LogP contribution < -0.4 is 5.32 Å². The number of nitrogens with one attached hydrogen (secondary N) is 3. The normalized spacial score (nSPS) is 11.2. The van der Waals surface area contributed by atoms with Crippen molar-refractivity contribution in [1.82, 2.24) is 25.1 Å². The lowest BCUT2D eigenvalue weighted by atomic mass is 10.1. The maximum atomic E-state index is 7.13. The van der Waals surface area contributed by atoms with E-state index in [-0.39, 0.29) is 0 Å². The summed E-state index contributed by atoms with van der Waals surface area (Å²) in [6.07, 6.45) is 8.09. The molecule has 2 heterocycles. The molecular weight excluding hydrogens is 350 g/mol. The topological polar surface area (TPSA) is 93.6 Å². The van der Waals surface area contributed by atoms with Gasteiger partial charge in [-0.1, -0.05) is 26.0 Å². The highest BCUT2D eigenvalue weighted by Gasteiger charge is 2.09. The van der Waals surface area contributed by atoms with Crippen LogP contribution in [0, 0.1) is 5.41 Å². The van der Waals surface area contributed by atoms with Crippen molar-refractivity contribution in [2.75, 3.05) is 18.4 Å². The molecule has 0 unspecified atom stereocenters. The van der Waals surface area contributed by atoms with Gasteiger partial charge in [0.1, 0.15) is 0 Å². The molecule has 144 valence electrons. The highest BCUT2D eigenvalue weighted by atomic mass is 15.1. The van der Waals surface area contributed by atoms with E-state index < -0.39 is 0 Å². The molecule has 0 fully saturated rings. The van der Waals surface area contributed by atoms with Crippen molar-refractivity contribution in [1.29, 1.82) is 5.41 Å². The molecular formula is C21H25N7. The summed E-state index contributed by atoms with van der Waals surface area (Å²) < 4.78 is 0. The van der Waals surface area contributed by atoms with Gasteiger partial charge >= 0.3 is 0 Å². The lowest BCUT2D eigenvalue weighted by Gasteiger charge is -2.18. The number of hydrogen-bond acceptors (Lipinski definition) is 6. The number of aromatic amines is 1. The van der Waals surface area contributed by atoms with Crippen molar-refractivity contribution in [2.24, 2.45) is 0 Å². The van der Waals surface area contributed by atoms with Gasteiger partial charge in [0, 0.05) is 30.2 Å². The molecule has 3 aromatic rings. The Hall–Kier alpha value is -3.32. The van der Waals surface area contributed by atoms with E-state index in [0.29, 0.717) is 5.95 Å². The molecule has 0 amide bonds. The van der Waals surface area contributed by atoms with Crippen LogP contribution in [0.5, 0.6) is 0 Å². The molecule has 3 rings (SSSR count). The van der Waals surface area contributed by atoms with E-state index in [1.54, 1.807) is 24.5 Å². The van der Waals surface area contributed by atoms with Crippen LogP contribution >= 0.6 is 0 Å². The molecule has 0 spiro atoms. The first kappa shape index (κ1) is 19.4. The van der Waals surface area contributed by atoms with Gasteiger partial charge in [0.25, 0.3) is 0 Å². The molecule has 2 aromatic heterocycles. The zero-order valence-electron chi connectivity index (χ0n) is 16.2. The third kappa shape index (κ3) is 4.89. The summed E-state index contributed by atoms with van der Waals surface area (Å²) in [7, 11) is 0. The van der Waals surface area contributed by atoms with Gasteiger partial charge in [-0.3, -0.25) is 10.00 Å². The number of anilines is 2. The summed E-state index contributed by atoms with van der Waals surface area (Å²) in [6, 6.07) is 10.2.